The van der Waals surface area contributed by atoms with Crippen LogP contribution >= 0.6 is 11.8 Å². The molecule has 0 aliphatic rings. The molecule has 0 bridgehead atoms. The fraction of sp³-hybridized carbons (Fsp3) is 0.227. The first-order valence-corrected chi connectivity index (χ1v) is 9.96. The van der Waals surface area contributed by atoms with Gasteiger partial charge in [0.2, 0.25) is 0 Å². The number of nitrogens with zero attached hydrogens (tertiary/aromatic N) is 3. The molecule has 144 valence electrons. The number of carboxylic acids is 1. The Kier molecular flexibility index (Phi) is 6.31. The van der Waals surface area contributed by atoms with Gasteiger partial charge < -0.3 is 14.8 Å². The molecule has 0 amide bonds. The van der Waals surface area contributed by atoms with Crippen molar-refractivity contribution in [1.29, 1.82) is 0 Å². The molecule has 2 aromatic carbocycles. The van der Waals surface area contributed by atoms with Crippen LogP contribution < -0.4 is 10.0 Å². The largest absolute Gasteiger partial charge is 0.545 e. The van der Waals surface area contributed by atoms with Gasteiger partial charge >= 0.3 is 0 Å². The summed E-state index contributed by atoms with van der Waals surface area (Å²) < 4.78 is 0. The number of thioether (sulfide) groups is 1. The predicted molar refractivity (Wildman–Crippen MR) is 110 cm³/mol. The van der Waals surface area contributed by atoms with Crippen LogP contribution in [0.2, 0.25) is 0 Å². The zero-order valence-corrected chi connectivity index (χ0v) is 17.0. The fourth-order valence-corrected chi connectivity index (χ4v) is 3.68. The van der Waals surface area contributed by atoms with E-state index in [-0.39, 0.29) is 5.56 Å². The quantitative estimate of drug-likeness (QED) is 0.453. The van der Waals surface area contributed by atoms with Crippen molar-refractivity contribution in [2.45, 2.75) is 31.3 Å². The third-order valence-electron chi connectivity index (χ3n) is 4.52. The fourth-order valence-electron chi connectivity index (χ4n) is 2.84. The van der Waals surface area contributed by atoms with Crippen LogP contribution in [0.15, 0.2) is 59.8 Å². The number of aryl methyl sites for hydroxylation is 1. The molecule has 0 atom stereocenters. The summed E-state index contributed by atoms with van der Waals surface area (Å²) in [4.78, 5) is 22.4. The van der Waals surface area contributed by atoms with Crippen LogP contribution in [0.3, 0.4) is 0 Å². The third-order valence-corrected chi connectivity index (χ3v) is 5.44. The van der Waals surface area contributed by atoms with Crippen molar-refractivity contribution in [3.05, 3.63) is 82.5 Å². The zero-order valence-electron chi connectivity index (χ0n) is 16.2. The van der Waals surface area contributed by atoms with E-state index in [9.17, 15) is 9.90 Å². The lowest BCUT2D eigenvalue weighted by Gasteiger charge is -2.21. The molecule has 28 heavy (non-hydrogen) atoms. The number of carboxylic acid groups (broad SMARTS) is 1. The van der Waals surface area contributed by atoms with E-state index in [4.69, 9.17) is 4.98 Å². The van der Waals surface area contributed by atoms with E-state index in [1.807, 2.05) is 39.1 Å². The average Bonchev–Trinajstić information content (AvgIpc) is 2.69. The lowest BCUT2D eigenvalue weighted by atomic mass is 10.1. The van der Waals surface area contributed by atoms with Gasteiger partial charge in [0, 0.05) is 30.6 Å². The zero-order chi connectivity index (χ0) is 20.1. The molecule has 6 heteroatoms. The van der Waals surface area contributed by atoms with Gasteiger partial charge in [0.1, 0.15) is 5.82 Å². The van der Waals surface area contributed by atoms with Crippen LogP contribution in [-0.4, -0.2) is 23.0 Å². The van der Waals surface area contributed by atoms with E-state index >= 15 is 0 Å². The van der Waals surface area contributed by atoms with Crippen LogP contribution in [0.1, 0.15) is 32.7 Å². The highest BCUT2D eigenvalue weighted by molar-refractivity contribution is 7.98. The van der Waals surface area contributed by atoms with Gasteiger partial charge in [-0.05, 0) is 30.5 Å². The number of rotatable bonds is 7. The molecule has 1 heterocycles. The molecule has 0 fully saturated rings. The minimum Gasteiger partial charge on any atom is -0.545 e. The first kappa shape index (κ1) is 19.9. The van der Waals surface area contributed by atoms with Crippen LogP contribution in [-0.2, 0) is 12.3 Å². The number of hydrogen-bond donors (Lipinski definition) is 0. The van der Waals surface area contributed by atoms with E-state index in [0.29, 0.717) is 10.9 Å². The molecule has 0 radical (unpaired) electrons. The molecule has 0 aliphatic heterocycles. The van der Waals surface area contributed by atoms with E-state index < -0.39 is 5.97 Å². The summed E-state index contributed by atoms with van der Waals surface area (Å²) in [5.41, 5.74) is 4.45. The average molecular weight is 393 g/mol. The maximum atomic E-state index is 10.9. The molecule has 0 spiro atoms. The summed E-state index contributed by atoms with van der Waals surface area (Å²) in [7, 11) is 2.04. The lowest BCUT2D eigenvalue weighted by molar-refractivity contribution is -0.255. The normalized spacial score (nSPS) is 10.7. The number of aromatic nitrogens is 2. The topological polar surface area (TPSA) is 69.1 Å². The summed E-state index contributed by atoms with van der Waals surface area (Å²) in [5, 5.41) is 11.6. The van der Waals surface area contributed by atoms with Gasteiger partial charge in [0.25, 0.3) is 0 Å². The van der Waals surface area contributed by atoms with Crippen molar-refractivity contribution in [2.24, 2.45) is 0 Å². The number of carbonyl (C=O) groups is 1. The maximum Gasteiger partial charge on any atom is 0.190 e. The van der Waals surface area contributed by atoms with Crippen molar-refractivity contribution in [3.63, 3.8) is 0 Å². The highest BCUT2D eigenvalue weighted by Gasteiger charge is 2.13. The second kappa shape index (κ2) is 8.89. The number of hydrogen-bond acceptors (Lipinski definition) is 6. The van der Waals surface area contributed by atoms with Crippen molar-refractivity contribution < 1.29 is 9.90 Å². The first-order chi connectivity index (χ1) is 13.4. The molecule has 0 unspecified atom stereocenters. The van der Waals surface area contributed by atoms with Gasteiger partial charge in [-0.1, -0.05) is 66.4 Å². The maximum absolute atomic E-state index is 10.9. The summed E-state index contributed by atoms with van der Waals surface area (Å²) in [6, 6.07) is 17.0. The molecule has 5 nitrogen and oxygen atoms in total. The molecule has 3 rings (SSSR count). The van der Waals surface area contributed by atoms with Gasteiger partial charge in [-0.25, -0.2) is 9.97 Å². The van der Waals surface area contributed by atoms with Crippen LogP contribution in [0.5, 0.6) is 0 Å². The van der Waals surface area contributed by atoms with E-state index in [0.717, 1.165) is 29.2 Å². The van der Waals surface area contributed by atoms with Gasteiger partial charge in [0.05, 0.1) is 5.97 Å². The standard InChI is InChI=1S/C22H23N3O2S/c1-15-16(2)23-22(28-14-18-9-11-19(12-10-18)21(26)27)24-20(15)25(3)13-17-7-5-4-6-8-17/h4-12H,13-14H2,1-3H3,(H,26,27)/p-1. The smallest absolute Gasteiger partial charge is 0.190 e. The summed E-state index contributed by atoms with van der Waals surface area (Å²) in [6.07, 6.45) is 0. The molecule has 0 N–H and O–H groups in total. The molecule has 3 aromatic rings. The van der Waals surface area contributed by atoms with Gasteiger partial charge in [-0.3, -0.25) is 0 Å². The van der Waals surface area contributed by atoms with Crippen LogP contribution in [0, 0.1) is 13.8 Å². The predicted octanol–water partition coefficient (Wildman–Crippen LogP) is 3.39. The van der Waals surface area contributed by atoms with Crippen molar-refractivity contribution in [1.82, 2.24) is 9.97 Å². The Morgan fingerprint density at radius 3 is 2.32 bits per heavy atom. The molecule has 0 saturated heterocycles. The second-order valence-corrected chi connectivity index (χ2v) is 7.60. The highest BCUT2D eigenvalue weighted by Crippen LogP contribution is 2.26. The number of carbonyl (C=O) groups excluding carboxylic acids is 1. The number of anilines is 1. The molecular weight excluding hydrogens is 370 g/mol. The Balaban J connectivity index is 1.74. The Bertz CT molecular complexity index is 960. The Morgan fingerprint density at radius 2 is 1.68 bits per heavy atom. The first-order valence-electron chi connectivity index (χ1n) is 8.97. The highest BCUT2D eigenvalue weighted by atomic mass is 32.2. The van der Waals surface area contributed by atoms with Crippen molar-refractivity contribution in [2.75, 3.05) is 11.9 Å². The number of benzene rings is 2. The van der Waals surface area contributed by atoms with Crippen molar-refractivity contribution >= 4 is 23.5 Å². The summed E-state index contributed by atoms with van der Waals surface area (Å²) in [5.74, 6) is 0.423. The summed E-state index contributed by atoms with van der Waals surface area (Å²) in [6.45, 7) is 4.81. The molecule has 0 saturated carbocycles. The van der Waals surface area contributed by atoms with E-state index in [1.165, 1.54) is 17.3 Å². The summed E-state index contributed by atoms with van der Waals surface area (Å²) >= 11 is 1.54. The number of aromatic carboxylic acids is 1. The van der Waals surface area contributed by atoms with Crippen LogP contribution in [0.4, 0.5) is 5.82 Å². The van der Waals surface area contributed by atoms with E-state index in [2.05, 4.69) is 22.0 Å². The Labute approximate surface area is 169 Å². The Morgan fingerprint density at radius 1 is 1.00 bits per heavy atom. The Hall–Kier alpha value is -2.86. The molecular formula is C22H22N3O2S-. The minimum atomic E-state index is -1.16. The SMILES string of the molecule is Cc1nc(SCc2ccc(C(=O)[O-])cc2)nc(N(C)Cc2ccccc2)c1C. The van der Waals surface area contributed by atoms with E-state index in [1.54, 1.807) is 24.3 Å². The van der Waals surface area contributed by atoms with Gasteiger partial charge in [-0.2, -0.15) is 0 Å². The van der Waals surface area contributed by atoms with Gasteiger partial charge in [0.15, 0.2) is 5.16 Å². The van der Waals surface area contributed by atoms with Crippen LogP contribution in [0.25, 0.3) is 0 Å². The minimum absolute atomic E-state index is 0.181. The second-order valence-electron chi connectivity index (χ2n) is 6.65. The lowest BCUT2D eigenvalue weighted by Crippen LogP contribution is -2.21. The molecule has 0 aliphatic carbocycles. The van der Waals surface area contributed by atoms with Crippen molar-refractivity contribution in [3.8, 4) is 0 Å². The monoisotopic (exact) mass is 392 g/mol. The van der Waals surface area contributed by atoms with Gasteiger partial charge in [-0.15, -0.1) is 0 Å². The molecule has 1 aromatic heterocycles. The third kappa shape index (κ3) is 4.89.